The van der Waals surface area contributed by atoms with E-state index in [0.717, 1.165) is 30.0 Å². The Balaban J connectivity index is 1.89. The number of para-hydroxylation sites is 1. The third-order valence-corrected chi connectivity index (χ3v) is 5.13. The second-order valence-electron chi connectivity index (χ2n) is 5.50. The number of nitrogens with zero attached hydrogens (tertiary/aromatic N) is 1. The number of benzene rings is 1. The van der Waals surface area contributed by atoms with E-state index in [9.17, 15) is 4.79 Å². The number of hydrogen-bond donors (Lipinski definition) is 1. The number of aromatic carboxylic acids is 1. The summed E-state index contributed by atoms with van der Waals surface area (Å²) < 4.78 is 0. The molecule has 21 heavy (non-hydrogen) atoms. The van der Waals surface area contributed by atoms with Gasteiger partial charge in [-0.15, -0.1) is 11.3 Å². The van der Waals surface area contributed by atoms with E-state index in [0.29, 0.717) is 4.88 Å². The first kappa shape index (κ1) is 14.1. The molecular formula is C17H19NO2S. The van der Waals surface area contributed by atoms with Gasteiger partial charge in [-0.05, 0) is 49.4 Å². The SMILES string of the molecule is Cc1sc(C(=O)O)cc1CN1CCCCc2ccccc21. The zero-order valence-electron chi connectivity index (χ0n) is 12.1. The molecule has 0 radical (unpaired) electrons. The predicted molar refractivity (Wildman–Crippen MR) is 86.4 cm³/mol. The average molecular weight is 301 g/mol. The molecule has 0 saturated carbocycles. The Bertz CT molecular complexity index is 663. The lowest BCUT2D eigenvalue weighted by molar-refractivity contribution is 0.0702. The van der Waals surface area contributed by atoms with Gasteiger partial charge in [0.25, 0.3) is 0 Å². The molecule has 2 aromatic rings. The van der Waals surface area contributed by atoms with Crippen LogP contribution in [0.25, 0.3) is 0 Å². The molecule has 110 valence electrons. The maximum Gasteiger partial charge on any atom is 0.345 e. The number of carboxylic acid groups (broad SMARTS) is 1. The van der Waals surface area contributed by atoms with Crippen LogP contribution in [0.1, 0.15) is 38.5 Å². The molecule has 4 heteroatoms. The van der Waals surface area contributed by atoms with Crippen LogP contribution in [0.3, 0.4) is 0 Å². The number of thiophene rings is 1. The largest absolute Gasteiger partial charge is 0.477 e. The number of carbonyl (C=O) groups is 1. The Hall–Kier alpha value is -1.81. The van der Waals surface area contributed by atoms with Crippen LogP contribution in [0, 0.1) is 6.92 Å². The van der Waals surface area contributed by atoms with Crippen molar-refractivity contribution in [2.24, 2.45) is 0 Å². The standard InChI is InChI=1S/C17H19NO2S/c1-12-14(10-16(21-12)17(19)20)11-18-9-5-4-7-13-6-2-3-8-15(13)18/h2-3,6,8,10H,4-5,7,9,11H2,1H3,(H,19,20). The molecule has 0 amide bonds. The summed E-state index contributed by atoms with van der Waals surface area (Å²) in [5.74, 6) is -0.828. The number of fused-ring (bicyclic) bond motifs is 1. The van der Waals surface area contributed by atoms with Gasteiger partial charge in [-0.25, -0.2) is 4.79 Å². The van der Waals surface area contributed by atoms with Crippen LogP contribution < -0.4 is 4.90 Å². The van der Waals surface area contributed by atoms with Crippen molar-refractivity contribution in [1.82, 2.24) is 0 Å². The number of hydrogen-bond acceptors (Lipinski definition) is 3. The van der Waals surface area contributed by atoms with Gasteiger partial charge in [0, 0.05) is 23.7 Å². The smallest absolute Gasteiger partial charge is 0.345 e. The van der Waals surface area contributed by atoms with Gasteiger partial charge in [-0.2, -0.15) is 0 Å². The number of aryl methyl sites for hydroxylation is 2. The predicted octanol–water partition coefficient (Wildman–Crippen LogP) is 4.10. The number of carboxylic acids is 1. The Morgan fingerprint density at radius 1 is 1.33 bits per heavy atom. The van der Waals surface area contributed by atoms with Crippen LogP contribution in [0.2, 0.25) is 0 Å². The molecule has 0 saturated heterocycles. The van der Waals surface area contributed by atoms with E-state index < -0.39 is 5.97 Å². The van der Waals surface area contributed by atoms with Crippen molar-refractivity contribution < 1.29 is 9.90 Å². The van der Waals surface area contributed by atoms with Crippen LogP contribution in [-0.2, 0) is 13.0 Å². The van der Waals surface area contributed by atoms with Gasteiger partial charge in [0.15, 0.2) is 0 Å². The van der Waals surface area contributed by atoms with E-state index >= 15 is 0 Å². The first-order valence-electron chi connectivity index (χ1n) is 7.30. The van der Waals surface area contributed by atoms with Crippen molar-refractivity contribution in [1.29, 1.82) is 0 Å². The van der Waals surface area contributed by atoms with Gasteiger partial charge in [-0.3, -0.25) is 0 Å². The highest BCUT2D eigenvalue weighted by atomic mass is 32.1. The van der Waals surface area contributed by atoms with Gasteiger partial charge in [0.1, 0.15) is 4.88 Å². The minimum absolute atomic E-state index is 0.436. The summed E-state index contributed by atoms with van der Waals surface area (Å²) >= 11 is 1.37. The molecule has 1 aliphatic heterocycles. The molecular weight excluding hydrogens is 282 g/mol. The lowest BCUT2D eigenvalue weighted by atomic mass is 10.1. The zero-order chi connectivity index (χ0) is 14.8. The van der Waals surface area contributed by atoms with E-state index in [4.69, 9.17) is 5.11 Å². The highest BCUT2D eigenvalue weighted by Crippen LogP contribution is 2.30. The molecule has 3 rings (SSSR count). The quantitative estimate of drug-likeness (QED) is 0.928. The van der Waals surface area contributed by atoms with E-state index in [1.807, 2.05) is 13.0 Å². The Labute approximate surface area is 128 Å². The molecule has 1 N–H and O–H groups in total. The second-order valence-corrected chi connectivity index (χ2v) is 6.76. The molecule has 0 aliphatic carbocycles. The van der Waals surface area contributed by atoms with Gasteiger partial charge >= 0.3 is 5.97 Å². The van der Waals surface area contributed by atoms with E-state index in [-0.39, 0.29) is 0 Å². The first-order chi connectivity index (χ1) is 10.1. The summed E-state index contributed by atoms with van der Waals surface area (Å²) in [4.78, 5) is 15.0. The van der Waals surface area contributed by atoms with Crippen molar-refractivity contribution in [3.63, 3.8) is 0 Å². The third kappa shape index (κ3) is 2.95. The van der Waals surface area contributed by atoms with Crippen LogP contribution in [0.4, 0.5) is 5.69 Å². The average Bonchev–Trinajstić information content (AvgIpc) is 2.72. The highest BCUT2D eigenvalue weighted by Gasteiger charge is 2.18. The van der Waals surface area contributed by atoms with Crippen molar-refractivity contribution >= 4 is 23.0 Å². The molecule has 1 aromatic carbocycles. The van der Waals surface area contributed by atoms with Crippen molar-refractivity contribution in [2.45, 2.75) is 32.7 Å². The van der Waals surface area contributed by atoms with Crippen molar-refractivity contribution in [2.75, 3.05) is 11.4 Å². The monoisotopic (exact) mass is 301 g/mol. The molecule has 0 bridgehead atoms. The van der Waals surface area contributed by atoms with Gasteiger partial charge in [-0.1, -0.05) is 18.2 Å². The normalized spacial score (nSPS) is 14.6. The summed E-state index contributed by atoms with van der Waals surface area (Å²) in [5, 5.41) is 9.13. The van der Waals surface area contributed by atoms with E-state index in [1.54, 1.807) is 0 Å². The third-order valence-electron chi connectivity index (χ3n) is 4.05. The Kier molecular flexibility index (Phi) is 3.97. The second kappa shape index (κ2) is 5.90. The fourth-order valence-electron chi connectivity index (χ4n) is 2.92. The van der Waals surface area contributed by atoms with Crippen LogP contribution in [0.15, 0.2) is 30.3 Å². The summed E-state index contributed by atoms with van der Waals surface area (Å²) in [6.45, 7) is 3.84. The molecule has 0 unspecified atom stereocenters. The highest BCUT2D eigenvalue weighted by molar-refractivity contribution is 7.14. The van der Waals surface area contributed by atoms with Gasteiger partial charge in [0.2, 0.25) is 0 Å². The maximum atomic E-state index is 11.1. The first-order valence-corrected chi connectivity index (χ1v) is 8.12. The van der Waals surface area contributed by atoms with Crippen LogP contribution in [0.5, 0.6) is 0 Å². The molecule has 2 heterocycles. The topological polar surface area (TPSA) is 40.5 Å². The summed E-state index contributed by atoms with van der Waals surface area (Å²) in [5.41, 5.74) is 3.84. The van der Waals surface area contributed by atoms with Crippen LogP contribution in [-0.4, -0.2) is 17.6 Å². The maximum absolute atomic E-state index is 11.1. The lowest BCUT2D eigenvalue weighted by Gasteiger charge is -2.25. The minimum atomic E-state index is -0.828. The Morgan fingerprint density at radius 2 is 2.14 bits per heavy atom. The Morgan fingerprint density at radius 3 is 2.90 bits per heavy atom. The van der Waals surface area contributed by atoms with Crippen molar-refractivity contribution in [3.05, 3.63) is 51.2 Å². The van der Waals surface area contributed by atoms with Gasteiger partial charge < -0.3 is 10.0 Å². The minimum Gasteiger partial charge on any atom is -0.477 e. The summed E-state index contributed by atoms with van der Waals surface area (Å²) in [6, 6.07) is 10.4. The number of anilines is 1. The zero-order valence-corrected chi connectivity index (χ0v) is 12.9. The van der Waals surface area contributed by atoms with Crippen molar-refractivity contribution in [3.8, 4) is 0 Å². The molecule has 0 fully saturated rings. The molecule has 3 nitrogen and oxygen atoms in total. The molecule has 0 atom stereocenters. The summed E-state index contributed by atoms with van der Waals surface area (Å²) in [7, 11) is 0. The molecule has 0 spiro atoms. The number of rotatable bonds is 3. The van der Waals surface area contributed by atoms with E-state index in [2.05, 4.69) is 29.2 Å². The molecule has 1 aromatic heterocycles. The van der Waals surface area contributed by atoms with Crippen LogP contribution >= 0.6 is 11.3 Å². The fourth-order valence-corrected chi connectivity index (χ4v) is 3.79. The molecule has 1 aliphatic rings. The lowest BCUT2D eigenvalue weighted by Crippen LogP contribution is -2.23. The fraction of sp³-hybridized carbons (Fsp3) is 0.353. The van der Waals surface area contributed by atoms with E-state index in [1.165, 1.54) is 35.4 Å². The summed E-state index contributed by atoms with van der Waals surface area (Å²) in [6.07, 6.45) is 3.54. The van der Waals surface area contributed by atoms with Gasteiger partial charge in [0.05, 0.1) is 0 Å².